The second kappa shape index (κ2) is 11.2. The van der Waals surface area contributed by atoms with Gasteiger partial charge in [0.25, 0.3) is 0 Å². The molecule has 1 aliphatic heterocycles. The quantitative estimate of drug-likeness (QED) is 0.328. The number of fused-ring (bicyclic) bond motifs is 2. The van der Waals surface area contributed by atoms with E-state index >= 15 is 0 Å². The summed E-state index contributed by atoms with van der Waals surface area (Å²) in [5.41, 5.74) is 6.30. The van der Waals surface area contributed by atoms with Gasteiger partial charge in [0.15, 0.2) is 0 Å². The van der Waals surface area contributed by atoms with Crippen LogP contribution < -0.4 is 27.0 Å². The van der Waals surface area contributed by atoms with Crippen molar-refractivity contribution in [2.45, 2.75) is 88.0 Å². The summed E-state index contributed by atoms with van der Waals surface area (Å²) in [4.78, 5) is 11.8. The number of rotatable bonds is 1. The summed E-state index contributed by atoms with van der Waals surface area (Å²) in [6, 6.07) is 1.40. The molecule has 4 atom stereocenters. The molecule has 2 aliphatic carbocycles. The van der Waals surface area contributed by atoms with E-state index in [9.17, 15) is 9.90 Å². The van der Waals surface area contributed by atoms with E-state index in [2.05, 4.69) is 28.2 Å². The Kier molecular flexibility index (Phi) is 9.65. The molecule has 3 rings (SSSR count). The van der Waals surface area contributed by atoms with Crippen molar-refractivity contribution in [3.05, 3.63) is 0 Å². The molecule has 3 fully saturated rings. The van der Waals surface area contributed by atoms with E-state index in [-0.39, 0.29) is 22.0 Å². The summed E-state index contributed by atoms with van der Waals surface area (Å²) in [5, 5.41) is 24.2. The third-order valence-corrected chi connectivity index (χ3v) is 6.67. The zero-order chi connectivity index (χ0) is 19.3. The van der Waals surface area contributed by atoms with E-state index in [1.54, 1.807) is 0 Å². The predicted octanol–water partition coefficient (Wildman–Crippen LogP) is 0.397. The molecule has 166 valence electrons. The second-order valence-corrected chi connectivity index (χ2v) is 9.26. The second-order valence-electron chi connectivity index (χ2n) is 9.26. The molecule has 1 saturated heterocycles. The van der Waals surface area contributed by atoms with Crippen LogP contribution in [0.2, 0.25) is 0 Å². The van der Waals surface area contributed by atoms with Crippen molar-refractivity contribution >= 4 is 5.97 Å². The Balaban J connectivity index is 0.00000280. The molecule has 0 aromatic rings. The SMILES string of the molecule is CC1(N)CNC2CCCCC2NCC(C(=O)O)CNC2CCCCC2NC1.[Ni]. The van der Waals surface area contributed by atoms with Crippen LogP contribution in [0.3, 0.4) is 0 Å². The van der Waals surface area contributed by atoms with Crippen molar-refractivity contribution < 1.29 is 26.4 Å². The molecule has 0 bridgehead atoms. The van der Waals surface area contributed by atoms with Crippen LogP contribution in [-0.2, 0) is 21.3 Å². The number of nitrogens with one attached hydrogen (secondary N) is 4. The van der Waals surface area contributed by atoms with Crippen molar-refractivity contribution in [2.75, 3.05) is 26.2 Å². The summed E-state index contributed by atoms with van der Waals surface area (Å²) in [6.07, 6.45) is 9.31. The molecule has 7 nitrogen and oxygen atoms in total. The minimum Gasteiger partial charge on any atom is -0.481 e. The van der Waals surface area contributed by atoms with Gasteiger partial charge in [-0.1, -0.05) is 25.7 Å². The van der Waals surface area contributed by atoms with E-state index in [1.165, 1.54) is 25.7 Å². The van der Waals surface area contributed by atoms with Crippen LogP contribution in [0.15, 0.2) is 0 Å². The van der Waals surface area contributed by atoms with E-state index < -0.39 is 11.9 Å². The first-order valence-electron chi connectivity index (χ1n) is 10.9. The number of carboxylic acid groups (broad SMARTS) is 1. The molecule has 0 aromatic heterocycles. The Morgan fingerprint density at radius 1 is 0.821 bits per heavy atom. The molecule has 7 N–H and O–H groups in total. The number of nitrogens with two attached hydrogens (primary N) is 1. The van der Waals surface area contributed by atoms with E-state index in [1.807, 2.05) is 0 Å². The van der Waals surface area contributed by atoms with Crippen molar-refractivity contribution in [3.8, 4) is 0 Å². The zero-order valence-electron chi connectivity index (χ0n) is 17.1. The summed E-state index contributed by atoms with van der Waals surface area (Å²) in [6.45, 7) is 4.72. The van der Waals surface area contributed by atoms with E-state index in [4.69, 9.17) is 5.73 Å². The van der Waals surface area contributed by atoms with Gasteiger partial charge in [0.05, 0.1) is 5.92 Å². The normalized spacial score (nSPS) is 40.9. The maximum atomic E-state index is 11.8. The molecule has 0 amide bonds. The van der Waals surface area contributed by atoms with Gasteiger partial charge in [0, 0.05) is 72.4 Å². The van der Waals surface area contributed by atoms with Gasteiger partial charge in [-0.25, -0.2) is 0 Å². The molecule has 3 aliphatic rings. The average molecular weight is 440 g/mol. The van der Waals surface area contributed by atoms with Gasteiger partial charge < -0.3 is 32.1 Å². The van der Waals surface area contributed by atoms with Crippen molar-refractivity contribution in [2.24, 2.45) is 11.7 Å². The Bertz CT molecular complexity index is 459. The van der Waals surface area contributed by atoms with Crippen molar-refractivity contribution in [1.29, 1.82) is 0 Å². The number of carboxylic acids is 1. The maximum Gasteiger partial charge on any atom is 0.309 e. The Labute approximate surface area is 179 Å². The van der Waals surface area contributed by atoms with Crippen molar-refractivity contribution in [1.82, 2.24) is 21.3 Å². The molecule has 28 heavy (non-hydrogen) atoms. The van der Waals surface area contributed by atoms with Gasteiger partial charge in [0.2, 0.25) is 0 Å². The minimum atomic E-state index is -0.711. The molecule has 0 aromatic carbocycles. The monoisotopic (exact) mass is 439 g/mol. The molecule has 4 unspecified atom stereocenters. The van der Waals surface area contributed by atoms with Crippen LogP contribution in [0.5, 0.6) is 0 Å². The van der Waals surface area contributed by atoms with Gasteiger partial charge in [-0.05, 0) is 32.6 Å². The van der Waals surface area contributed by atoms with Crippen LogP contribution in [0, 0.1) is 5.92 Å². The number of carbonyl (C=O) groups is 1. The molecule has 1 heterocycles. The van der Waals surface area contributed by atoms with Crippen LogP contribution in [-0.4, -0.2) is 67.0 Å². The van der Waals surface area contributed by atoms with E-state index in [0.717, 1.165) is 38.8 Å². The first-order chi connectivity index (χ1) is 12.9. The topological polar surface area (TPSA) is 111 Å². The Morgan fingerprint density at radius 2 is 1.18 bits per heavy atom. The summed E-state index contributed by atoms with van der Waals surface area (Å²) in [5.74, 6) is -1.10. The average Bonchev–Trinajstić information content (AvgIpc) is 2.65. The van der Waals surface area contributed by atoms with Gasteiger partial charge in [-0.15, -0.1) is 0 Å². The Hall–Kier alpha value is -0.236. The summed E-state index contributed by atoms with van der Waals surface area (Å²) >= 11 is 0. The number of hydrogen-bond acceptors (Lipinski definition) is 6. The summed E-state index contributed by atoms with van der Waals surface area (Å²) < 4.78 is 0. The standard InChI is InChI=1S/C20H39N5O2.Ni/c1-20(21)12-24-17-8-4-2-6-15(17)22-10-14(19(26)27)11-23-16-7-3-5-9-18(16)25-13-20;/h14-18,22-25H,2-13,21H2,1H3,(H,26,27);. The fourth-order valence-corrected chi connectivity index (χ4v) is 4.86. The molecular formula is C20H39N5NiO2. The third kappa shape index (κ3) is 6.93. The van der Waals surface area contributed by atoms with Crippen LogP contribution >= 0.6 is 0 Å². The van der Waals surface area contributed by atoms with Gasteiger partial charge >= 0.3 is 5.97 Å². The fourth-order valence-electron chi connectivity index (χ4n) is 4.86. The fraction of sp³-hybridized carbons (Fsp3) is 0.950. The van der Waals surface area contributed by atoms with Gasteiger partial charge in [0.1, 0.15) is 0 Å². The smallest absolute Gasteiger partial charge is 0.309 e. The predicted molar refractivity (Wildman–Crippen MR) is 108 cm³/mol. The van der Waals surface area contributed by atoms with Crippen molar-refractivity contribution in [3.63, 3.8) is 0 Å². The zero-order valence-corrected chi connectivity index (χ0v) is 18.1. The number of aliphatic carboxylic acids is 1. The van der Waals surface area contributed by atoms with Crippen LogP contribution in [0.4, 0.5) is 0 Å². The van der Waals surface area contributed by atoms with Crippen LogP contribution in [0.25, 0.3) is 0 Å². The summed E-state index contributed by atoms with van der Waals surface area (Å²) in [7, 11) is 0. The molecular weight excluding hydrogens is 401 g/mol. The third-order valence-electron chi connectivity index (χ3n) is 6.67. The van der Waals surface area contributed by atoms with Gasteiger partial charge in [-0.3, -0.25) is 4.79 Å². The largest absolute Gasteiger partial charge is 0.481 e. The van der Waals surface area contributed by atoms with Gasteiger partial charge in [-0.2, -0.15) is 0 Å². The number of hydrogen-bond donors (Lipinski definition) is 6. The van der Waals surface area contributed by atoms with E-state index in [0.29, 0.717) is 37.3 Å². The first kappa shape index (κ1) is 24.0. The van der Waals surface area contributed by atoms with Crippen LogP contribution in [0.1, 0.15) is 58.3 Å². The molecule has 2 saturated carbocycles. The minimum absolute atomic E-state index is 0. The molecule has 8 heteroatoms. The molecule has 0 spiro atoms. The maximum absolute atomic E-state index is 11.8. The Morgan fingerprint density at radius 3 is 1.54 bits per heavy atom. The molecule has 0 radical (unpaired) electrons. The first-order valence-corrected chi connectivity index (χ1v) is 10.9.